The standard InChI is InChI=1S/C11H8FN7O/c12-8-3-7(17-11(20)10-14-5-15-18-10)1-2-9(8)19-6-13-4-16-19/h1-6H,(H,17,20)(H,14,15,18). The maximum atomic E-state index is 13.9. The van der Waals surface area contributed by atoms with E-state index >= 15 is 0 Å². The van der Waals surface area contributed by atoms with Gasteiger partial charge in [0, 0.05) is 5.69 Å². The zero-order valence-electron chi connectivity index (χ0n) is 9.99. The average molecular weight is 273 g/mol. The molecular weight excluding hydrogens is 265 g/mol. The molecule has 0 unspecified atom stereocenters. The van der Waals surface area contributed by atoms with E-state index in [0.717, 1.165) is 0 Å². The summed E-state index contributed by atoms with van der Waals surface area (Å²) in [6, 6.07) is 4.22. The minimum atomic E-state index is -0.536. The van der Waals surface area contributed by atoms with Gasteiger partial charge in [0.25, 0.3) is 5.91 Å². The molecule has 9 heteroatoms. The Balaban J connectivity index is 1.82. The number of carbonyl (C=O) groups is 1. The lowest BCUT2D eigenvalue weighted by Crippen LogP contribution is -2.14. The van der Waals surface area contributed by atoms with E-state index in [2.05, 4.69) is 30.6 Å². The largest absolute Gasteiger partial charge is 0.319 e. The van der Waals surface area contributed by atoms with Crippen LogP contribution in [0.25, 0.3) is 5.69 Å². The highest BCUT2D eigenvalue weighted by Gasteiger charge is 2.11. The molecule has 1 amide bonds. The third-order valence-corrected chi connectivity index (χ3v) is 2.50. The summed E-state index contributed by atoms with van der Waals surface area (Å²) >= 11 is 0. The molecule has 3 aromatic rings. The lowest BCUT2D eigenvalue weighted by Gasteiger charge is -2.06. The lowest BCUT2D eigenvalue weighted by atomic mass is 10.2. The van der Waals surface area contributed by atoms with Crippen molar-refractivity contribution < 1.29 is 9.18 Å². The zero-order valence-corrected chi connectivity index (χ0v) is 9.99. The van der Waals surface area contributed by atoms with Crippen LogP contribution in [0.4, 0.5) is 10.1 Å². The van der Waals surface area contributed by atoms with E-state index in [1.807, 2.05) is 0 Å². The van der Waals surface area contributed by atoms with E-state index in [-0.39, 0.29) is 11.5 Å². The lowest BCUT2D eigenvalue weighted by molar-refractivity contribution is 0.101. The van der Waals surface area contributed by atoms with Crippen LogP contribution in [0.5, 0.6) is 0 Å². The molecule has 20 heavy (non-hydrogen) atoms. The third kappa shape index (κ3) is 2.23. The molecule has 0 saturated heterocycles. The van der Waals surface area contributed by atoms with Crippen LogP contribution in [0.2, 0.25) is 0 Å². The molecule has 0 saturated carbocycles. The molecular formula is C11H8FN7O. The van der Waals surface area contributed by atoms with Gasteiger partial charge in [-0.2, -0.15) is 10.2 Å². The van der Waals surface area contributed by atoms with Gasteiger partial charge in [-0.3, -0.25) is 9.89 Å². The number of nitrogens with zero attached hydrogens (tertiary/aromatic N) is 5. The first-order valence-corrected chi connectivity index (χ1v) is 5.55. The van der Waals surface area contributed by atoms with Crippen LogP contribution >= 0.6 is 0 Å². The monoisotopic (exact) mass is 273 g/mol. The van der Waals surface area contributed by atoms with E-state index < -0.39 is 11.7 Å². The number of halogens is 1. The Bertz CT molecular complexity index is 723. The molecule has 0 bridgehead atoms. The molecule has 0 aliphatic heterocycles. The Morgan fingerprint density at radius 3 is 2.90 bits per heavy atom. The minimum absolute atomic E-state index is 0.0470. The van der Waals surface area contributed by atoms with Crippen molar-refractivity contribution >= 4 is 11.6 Å². The number of carbonyl (C=O) groups excluding carboxylic acids is 1. The van der Waals surface area contributed by atoms with Crippen molar-refractivity contribution in [3.05, 3.63) is 48.8 Å². The van der Waals surface area contributed by atoms with Crippen LogP contribution in [0.3, 0.4) is 0 Å². The van der Waals surface area contributed by atoms with Crippen molar-refractivity contribution in [1.82, 2.24) is 29.9 Å². The molecule has 0 fully saturated rings. The first kappa shape index (κ1) is 12.0. The molecule has 0 radical (unpaired) electrons. The second-order valence-corrected chi connectivity index (χ2v) is 3.79. The highest BCUT2D eigenvalue weighted by Crippen LogP contribution is 2.17. The summed E-state index contributed by atoms with van der Waals surface area (Å²) in [4.78, 5) is 19.1. The number of aromatic amines is 1. The third-order valence-electron chi connectivity index (χ3n) is 2.50. The molecule has 0 spiro atoms. The van der Waals surface area contributed by atoms with Gasteiger partial charge in [0.05, 0.1) is 0 Å². The SMILES string of the molecule is O=C(Nc1ccc(-n2cncn2)c(F)c1)c1ncn[nH]1. The van der Waals surface area contributed by atoms with E-state index in [1.54, 1.807) is 6.07 Å². The second kappa shape index (κ2) is 4.88. The molecule has 3 rings (SSSR count). The Labute approximate surface area is 111 Å². The van der Waals surface area contributed by atoms with Gasteiger partial charge in [0.1, 0.15) is 24.7 Å². The Hall–Kier alpha value is -3.10. The molecule has 0 atom stereocenters. The number of hydrogen-bond donors (Lipinski definition) is 2. The van der Waals surface area contributed by atoms with Gasteiger partial charge in [0.2, 0.25) is 5.82 Å². The molecule has 8 nitrogen and oxygen atoms in total. The molecule has 0 aliphatic rings. The van der Waals surface area contributed by atoms with Gasteiger partial charge < -0.3 is 5.32 Å². The summed E-state index contributed by atoms with van der Waals surface area (Å²) < 4.78 is 15.2. The van der Waals surface area contributed by atoms with Crippen LogP contribution in [0, 0.1) is 5.82 Å². The number of aromatic nitrogens is 6. The van der Waals surface area contributed by atoms with Gasteiger partial charge in [-0.1, -0.05) is 0 Å². The maximum Gasteiger partial charge on any atom is 0.292 e. The zero-order chi connectivity index (χ0) is 13.9. The number of nitrogens with one attached hydrogen (secondary N) is 2. The quantitative estimate of drug-likeness (QED) is 0.734. The summed E-state index contributed by atoms with van der Waals surface area (Å²) in [7, 11) is 0. The summed E-state index contributed by atoms with van der Waals surface area (Å²) in [5, 5.41) is 12.3. The fraction of sp³-hybridized carbons (Fsp3) is 0. The Morgan fingerprint density at radius 2 is 2.25 bits per heavy atom. The van der Waals surface area contributed by atoms with Crippen LogP contribution in [0.15, 0.2) is 37.2 Å². The molecule has 2 aromatic heterocycles. The first-order valence-electron chi connectivity index (χ1n) is 5.55. The molecule has 2 heterocycles. The van der Waals surface area contributed by atoms with Gasteiger partial charge in [-0.25, -0.2) is 19.0 Å². The van der Waals surface area contributed by atoms with Crippen LogP contribution < -0.4 is 5.32 Å². The van der Waals surface area contributed by atoms with Gasteiger partial charge in [-0.05, 0) is 18.2 Å². The number of rotatable bonds is 3. The number of anilines is 1. The highest BCUT2D eigenvalue weighted by atomic mass is 19.1. The second-order valence-electron chi connectivity index (χ2n) is 3.79. The van der Waals surface area contributed by atoms with Gasteiger partial charge >= 0.3 is 0 Å². The molecule has 2 N–H and O–H groups in total. The van der Waals surface area contributed by atoms with Gasteiger partial charge in [0.15, 0.2) is 5.82 Å². The fourth-order valence-corrected chi connectivity index (χ4v) is 1.61. The predicted molar refractivity (Wildman–Crippen MR) is 65.7 cm³/mol. The molecule has 100 valence electrons. The van der Waals surface area contributed by atoms with E-state index in [9.17, 15) is 9.18 Å². The van der Waals surface area contributed by atoms with E-state index in [1.165, 1.54) is 35.8 Å². The van der Waals surface area contributed by atoms with Crippen molar-refractivity contribution in [2.24, 2.45) is 0 Å². The normalized spacial score (nSPS) is 10.4. The van der Waals surface area contributed by atoms with Crippen molar-refractivity contribution in [3.63, 3.8) is 0 Å². The average Bonchev–Trinajstić information content (AvgIpc) is 3.12. The molecule has 1 aromatic carbocycles. The van der Waals surface area contributed by atoms with Crippen molar-refractivity contribution in [2.45, 2.75) is 0 Å². The number of benzene rings is 1. The first-order chi connectivity index (χ1) is 9.74. The van der Waals surface area contributed by atoms with Crippen LogP contribution in [0.1, 0.15) is 10.6 Å². The van der Waals surface area contributed by atoms with Gasteiger partial charge in [-0.15, -0.1) is 0 Å². The minimum Gasteiger partial charge on any atom is -0.319 e. The number of hydrogen-bond acceptors (Lipinski definition) is 5. The van der Waals surface area contributed by atoms with Crippen molar-refractivity contribution in [2.75, 3.05) is 5.32 Å². The highest BCUT2D eigenvalue weighted by molar-refractivity contribution is 6.01. The summed E-state index contributed by atoms with van der Waals surface area (Å²) in [5.74, 6) is -0.993. The maximum absolute atomic E-state index is 13.9. The van der Waals surface area contributed by atoms with Crippen LogP contribution in [-0.4, -0.2) is 35.9 Å². The Kier molecular flexibility index (Phi) is 2.92. The van der Waals surface area contributed by atoms with E-state index in [0.29, 0.717) is 5.69 Å². The van der Waals surface area contributed by atoms with E-state index in [4.69, 9.17) is 0 Å². The van der Waals surface area contributed by atoms with Crippen molar-refractivity contribution in [1.29, 1.82) is 0 Å². The number of amides is 1. The topological polar surface area (TPSA) is 101 Å². The summed E-state index contributed by atoms with van der Waals surface area (Å²) in [6.45, 7) is 0. The van der Waals surface area contributed by atoms with Crippen LogP contribution in [-0.2, 0) is 0 Å². The summed E-state index contributed by atoms with van der Waals surface area (Å²) in [6.07, 6.45) is 3.90. The fourth-order valence-electron chi connectivity index (χ4n) is 1.61. The smallest absolute Gasteiger partial charge is 0.292 e. The Morgan fingerprint density at radius 1 is 1.35 bits per heavy atom. The molecule has 0 aliphatic carbocycles. The number of H-pyrrole nitrogens is 1. The predicted octanol–water partition coefficient (Wildman–Crippen LogP) is 0.777. The summed E-state index contributed by atoms with van der Waals surface area (Å²) in [5.41, 5.74) is 0.535. The van der Waals surface area contributed by atoms with Crippen molar-refractivity contribution in [3.8, 4) is 5.69 Å².